The summed E-state index contributed by atoms with van der Waals surface area (Å²) < 4.78 is 5.04. The molecule has 1 saturated heterocycles. The van der Waals surface area contributed by atoms with Crippen molar-refractivity contribution in [2.75, 3.05) is 23.8 Å². The Morgan fingerprint density at radius 1 is 1.00 bits per heavy atom. The summed E-state index contributed by atoms with van der Waals surface area (Å²) in [6.45, 7) is 2.61. The first kappa shape index (κ1) is 23.5. The zero-order chi connectivity index (χ0) is 24.0. The third-order valence-electron chi connectivity index (χ3n) is 4.92. The van der Waals surface area contributed by atoms with Crippen molar-refractivity contribution >= 4 is 41.0 Å². The number of hydrogen-bond donors (Lipinski definition) is 3. The molecule has 172 valence electrons. The van der Waals surface area contributed by atoms with Crippen LogP contribution in [0.3, 0.4) is 0 Å². The van der Waals surface area contributed by atoms with Crippen LogP contribution in [-0.4, -0.2) is 47.8 Å². The number of ether oxygens (including phenoxy) is 1. The summed E-state index contributed by atoms with van der Waals surface area (Å²) in [5.41, 5.74) is 4.75. The number of rotatable bonds is 7. The Labute approximate surface area is 190 Å². The number of anilines is 2. The number of benzene rings is 2. The largest absolute Gasteiger partial charge is 0.455 e. The molecule has 0 spiro atoms. The monoisotopic (exact) mass is 452 g/mol. The Hall–Kier alpha value is -4.21. The molecule has 0 saturated carbocycles. The van der Waals surface area contributed by atoms with Crippen LogP contribution < -0.4 is 16.1 Å². The number of nitrogens with zero attached hydrogens (tertiary/aromatic N) is 1. The fraction of sp³-hybridized carbons (Fsp3) is 0.261. The van der Waals surface area contributed by atoms with Gasteiger partial charge in [0, 0.05) is 30.3 Å². The third kappa shape index (κ3) is 6.39. The van der Waals surface area contributed by atoms with Crippen molar-refractivity contribution in [3.8, 4) is 0 Å². The van der Waals surface area contributed by atoms with E-state index in [1.165, 1.54) is 6.92 Å². The van der Waals surface area contributed by atoms with Gasteiger partial charge in [-0.3, -0.25) is 34.4 Å². The Kier molecular flexibility index (Phi) is 7.39. The maximum atomic E-state index is 12.4. The average Bonchev–Trinajstić information content (AvgIpc) is 3.13. The molecule has 0 bridgehead atoms. The van der Waals surface area contributed by atoms with Gasteiger partial charge < -0.3 is 15.4 Å². The van der Waals surface area contributed by atoms with Crippen molar-refractivity contribution in [2.45, 2.75) is 20.3 Å². The van der Waals surface area contributed by atoms with E-state index in [1.807, 2.05) is 0 Å². The summed E-state index contributed by atoms with van der Waals surface area (Å²) in [5.74, 6) is -3.12. The highest BCUT2D eigenvalue weighted by Crippen LogP contribution is 2.19. The van der Waals surface area contributed by atoms with Crippen molar-refractivity contribution in [3.05, 3.63) is 59.7 Å². The second-order valence-corrected chi connectivity index (χ2v) is 7.58. The van der Waals surface area contributed by atoms with Gasteiger partial charge in [-0.2, -0.15) is 0 Å². The van der Waals surface area contributed by atoms with Crippen molar-refractivity contribution in [1.29, 1.82) is 0 Å². The summed E-state index contributed by atoms with van der Waals surface area (Å²) in [7, 11) is 0. The number of hydrogen-bond acceptors (Lipinski definition) is 6. The van der Waals surface area contributed by atoms with Crippen molar-refractivity contribution in [2.24, 2.45) is 5.92 Å². The molecule has 2 aromatic rings. The minimum Gasteiger partial charge on any atom is -0.455 e. The number of hydrazine groups is 1. The zero-order valence-corrected chi connectivity index (χ0v) is 18.2. The Bertz CT molecular complexity index is 1080. The van der Waals surface area contributed by atoms with E-state index in [4.69, 9.17) is 4.74 Å². The van der Waals surface area contributed by atoms with Crippen LogP contribution in [-0.2, 0) is 23.9 Å². The molecule has 1 atom stereocenters. The van der Waals surface area contributed by atoms with E-state index in [9.17, 15) is 24.0 Å². The summed E-state index contributed by atoms with van der Waals surface area (Å²) >= 11 is 0. The highest BCUT2D eigenvalue weighted by molar-refractivity contribution is 5.98. The molecule has 3 N–H and O–H groups in total. The van der Waals surface area contributed by atoms with E-state index < -0.39 is 36.2 Å². The quantitative estimate of drug-likeness (QED) is 0.547. The molecule has 10 nitrogen and oxygen atoms in total. The highest BCUT2D eigenvalue weighted by atomic mass is 16.5. The lowest BCUT2D eigenvalue weighted by Crippen LogP contribution is -2.43. The summed E-state index contributed by atoms with van der Waals surface area (Å²) in [4.78, 5) is 60.0. The van der Waals surface area contributed by atoms with Crippen LogP contribution in [0.25, 0.3) is 0 Å². The molecular formula is C23H24N4O6. The zero-order valence-electron chi connectivity index (χ0n) is 18.2. The van der Waals surface area contributed by atoms with Gasteiger partial charge in [0.05, 0.1) is 12.5 Å². The first-order valence-corrected chi connectivity index (χ1v) is 10.2. The van der Waals surface area contributed by atoms with Gasteiger partial charge in [0.1, 0.15) is 0 Å². The van der Waals surface area contributed by atoms with Gasteiger partial charge in [0.2, 0.25) is 11.8 Å². The van der Waals surface area contributed by atoms with Gasteiger partial charge in [-0.25, -0.2) is 0 Å². The number of aryl methyl sites for hydroxylation is 1. The van der Waals surface area contributed by atoms with Crippen molar-refractivity contribution in [3.63, 3.8) is 0 Å². The Balaban J connectivity index is 1.46. The summed E-state index contributed by atoms with van der Waals surface area (Å²) in [6, 6.07) is 13.4. The van der Waals surface area contributed by atoms with Gasteiger partial charge in [0.15, 0.2) is 6.61 Å². The van der Waals surface area contributed by atoms with E-state index >= 15 is 0 Å². The van der Waals surface area contributed by atoms with Gasteiger partial charge in [-0.15, -0.1) is 0 Å². The number of carbonyl (C=O) groups is 5. The molecule has 1 heterocycles. The van der Waals surface area contributed by atoms with E-state index in [-0.39, 0.29) is 18.9 Å². The molecule has 4 amide bonds. The summed E-state index contributed by atoms with van der Waals surface area (Å²) in [5, 5.41) is 6.28. The lowest BCUT2D eigenvalue weighted by molar-refractivity contribution is -0.151. The minimum absolute atomic E-state index is 0.0402. The SMILES string of the molecule is CC(=O)Nc1ccc(NC(=O)COC(=O)[C@@H]2CC(=O)N(NC(=O)c3ccccc3C)C2)cc1. The number of nitrogens with one attached hydrogen (secondary N) is 3. The molecule has 2 aromatic carbocycles. The van der Waals surface area contributed by atoms with Gasteiger partial charge in [-0.1, -0.05) is 18.2 Å². The Morgan fingerprint density at radius 2 is 1.64 bits per heavy atom. The van der Waals surface area contributed by atoms with Crippen molar-refractivity contribution < 1.29 is 28.7 Å². The highest BCUT2D eigenvalue weighted by Gasteiger charge is 2.36. The molecule has 0 aromatic heterocycles. The first-order chi connectivity index (χ1) is 15.7. The smallest absolute Gasteiger partial charge is 0.311 e. The minimum atomic E-state index is -0.792. The fourth-order valence-electron chi connectivity index (χ4n) is 3.28. The number of amides is 4. The lowest BCUT2D eigenvalue weighted by atomic mass is 10.1. The van der Waals surface area contributed by atoms with E-state index in [2.05, 4.69) is 16.1 Å². The average molecular weight is 452 g/mol. The normalized spacial score (nSPS) is 15.0. The van der Waals surface area contributed by atoms with E-state index in [1.54, 1.807) is 55.5 Å². The molecule has 0 aliphatic carbocycles. The molecule has 0 unspecified atom stereocenters. The number of carbonyl (C=O) groups excluding carboxylic acids is 5. The maximum absolute atomic E-state index is 12.4. The predicted molar refractivity (Wildman–Crippen MR) is 119 cm³/mol. The van der Waals surface area contributed by atoms with Gasteiger partial charge in [-0.05, 0) is 42.8 Å². The van der Waals surface area contributed by atoms with Crippen molar-refractivity contribution in [1.82, 2.24) is 10.4 Å². The van der Waals surface area contributed by atoms with Gasteiger partial charge >= 0.3 is 5.97 Å². The fourth-order valence-corrected chi connectivity index (χ4v) is 3.28. The third-order valence-corrected chi connectivity index (χ3v) is 4.92. The van der Waals surface area contributed by atoms with Crippen LogP contribution in [0.2, 0.25) is 0 Å². The van der Waals surface area contributed by atoms with Crippen LogP contribution in [0.1, 0.15) is 29.3 Å². The number of esters is 1. The standard InChI is InChI=1S/C23H24N4O6/c1-14-5-3-4-6-19(14)22(31)26-27-12-16(11-21(27)30)23(32)33-13-20(29)25-18-9-7-17(8-10-18)24-15(2)28/h3-10,16H,11-13H2,1-2H3,(H,24,28)(H,25,29)(H,26,31)/t16-/m1/s1. The van der Waals surface area contributed by atoms with E-state index in [0.717, 1.165) is 10.6 Å². The van der Waals surface area contributed by atoms with Crippen LogP contribution in [0.4, 0.5) is 11.4 Å². The Morgan fingerprint density at radius 3 is 2.27 bits per heavy atom. The molecule has 0 radical (unpaired) electrons. The predicted octanol–water partition coefficient (Wildman–Crippen LogP) is 1.63. The molecular weight excluding hydrogens is 428 g/mol. The van der Waals surface area contributed by atoms with Crippen LogP contribution in [0.15, 0.2) is 48.5 Å². The van der Waals surface area contributed by atoms with E-state index in [0.29, 0.717) is 16.9 Å². The van der Waals surface area contributed by atoms with Crippen LogP contribution in [0, 0.1) is 12.8 Å². The summed E-state index contributed by atoms with van der Waals surface area (Å²) in [6.07, 6.45) is -0.126. The second-order valence-electron chi connectivity index (χ2n) is 7.58. The van der Waals surface area contributed by atoms with Crippen LogP contribution in [0.5, 0.6) is 0 Å². The topological polar surface area (TPSA) is 134 Å². The maximum Gasteiger partial charge on any atom is 0.311 e. The van der Waals surface area contributed by atoms with Gasteiger partial charge in [0.25, 0.3) is 11.8 Å². The molecule has 10 heteroatoms. The first-order valence-electron chi connectivity index (χ1n) is 10.2. The molecule has 1 aliphatic rings. The molecule has 1 fully saturated rings. The molecule has 1 aliphatic heterocycles. The molecule has 3 rings (SSSR count). The molecule has 33 heavy (non-hydrogen) atoms. The second kappa shape index (κ2) is 10.4. The van der Waals surface area contributed by atoms with Crippen LogP contribution >= 0.6 is 0 Å². The lowest BCUT2D eigenvalue weighted by Gasteiger charge is -2.18.